The van der Waals surface area contributed by atoms with Gasteiger partial charge in [0, 0.05) is 5.56 Å². The highest BCUT2D eigenvalue weighted by Gasteiger charge is 2.19. The monoisotopic (exact) mass is 414 g/mol. The number of hydrogen-bond donors (Lipinski definition) is 2. The van der Waals surface area contributed by atoms with Crippen LogP contribution in [0.15, 0.2) is 77.7 Å². The van der Waals surface area contributed by atoms with Gasteiger partial charge in [0.05, 0.1) is 22.9 Å². The summed E-state index contributed by atoms with van der Waals surface area (Å²) in [4.78, 5) is 12.3. The SMILES string of the molecule is CCOc1ccc(S(=O)(=O)Nc2ccccc2F)cc1NC(=O)c1ccccc1. The number of nitrogens with one attached hydrogen (secondary N) is 2. The van der Waals surface area contributed by atoms with Crippen molar-refractivity contribution in [3.63, 3.8) is 0 Å². The van der Waals surface area contributed by atoms with E-state index in [9.17, 15) is 17.6 Å². The van der Waals surface area contributed by atoms with Gasteiger partial charge in [-0.1, -0.05) is 30.3 Å². The minimum absolute atomic E-state index is 0.146. The quantitative estimate of drug-likeness (QED) is 0.604. The number of hydrogen-bond acceptors (Lipinski definition) is 4. The molecule has 0 unspecified atom stereocenters. The predicted octanol–water partition coefficient (Wildman–Crippen LogP) is 4.28. The van der Waals surface area contributed by atoms with Gasteiger partial charge >= 0.3 is 0 Å². The van der Waals surface area contributed by atoms with E-state index in [0.717, 1.165) is 6.07 Å². The number of rotatable bonds is 7. The van der Waals surface area contributed by atoms with Crippen LogP contribution in [0.1, 0.15) is 17.3 Å². The van der Waals surface area contributed by atoms with Gasteiger partial charge in [0.15, 0.2) is 0 Å². The van der Waals surface area contributed by atoms with Crippen LogP contribution in [-0.2, 0) is 10.0 Å². The van der Waals surface area contributed by atoms with E-state index in [0.29, 0.717) is 17.9 Å². The molecule has 0 heterocycles. The molecule has 3 rings (SSSR count). The van der Waals surface area contributed by atoms with Crippen LogP contribution in [0.25, 0.3) is 0 Å². The fraction of sp³-hybridized carbons (Fsp3) is 0.0952. The Labute approximate surface area is 168 Å². The molecule has 0 aliphatic carbocycles. The molecular formula is C21H19FN2O4S. The first-order valence-electron chi connectivity index (χ1n) is 8.81. The Balaban J connectivity index is 1.93. The molecule has 0 aliphatic heterocycles. The topological polar surface area (TPSA) is 84.5 Å². The maximum Gasteiger partial charge on any atom is 0.262 e. The minimum atomic E-state index is -4.09. The first kappa shape index (κ1) is 20.3. The fourth-order valence-electron chi connectivity index (χ4n) is 2.59. The number of anilines is 2. The van der Waals surface area contributed by atoms with Crippen LogP contribution in [0, 0.1) is 5.82 Å². The van der Waals surface area contributed by atoms with Crippen molar-refractivity contribution in [2.45, 2.75) is 11.8 Å². The second kappa shape index (κ2) is 8.74. The average Bonchev–Trinajstić information content (AvgIpc) is 2.71. The first-order valence-corrected chi connectivity index (χ1v) is 10.3. The van der Waals surface area contributed by atoms with E-state index in [1.165, 1.54) is 36.4 Å². The molecule has 0 atom stereocenters. The summed E-state index contributed by atoms with van der Waals surface area (Å²) in [6.45, 7) is 2.10. The first-order chi connectivity index (χ1) is 13.9. The van der Waals surface area contributed by atoms with Crippen molar-refractivity contribution in [3.8, 4) is 5.75 Å². The number of carbonyl (C=O) groups is 1. The molecule has 3 aromatic rings. The highest BCUT2D eigenvalue weighted by atomic mass is 32.2. The third kappa shape index (κ3) is 4.91. The molecule has 2 N–H and O–H groups in total. The molecule has 0 fully saturated rings. The summed E-state index contributed by atoms with van der Waals surface area (Å²) in [5, 5.41) is 2.67. The van der Waals surface area contributed by atoms with Crippen LogP contribution in [0.3, 0.4) is 0 Å². The molecule has 6 nitrogen and oxygen atoms in total. The van der Waals surface area contributed by atoms with Gasteiger partial charge in [0.1, 0.15) is 11.6 Å². The minimum Gasteiger partial charge on any atom is -0.492 e. The maximum absolute atomic E-state index is 13.8. The van der Waals surface area contributed by atoms with E-state index in [2.05, 4.69) is 10.0 Å². The molecule has 0 aromatic heterocycles. The maximum atomic E-state index is 13.8. The Bertz CT molecular complexity index is 1120. The van der Waals surface area contributed by atoms with Crippen molar-refractivity contribution in [2.75, 3.05) is 16.6 Å². The smallest absolute Gasteiger partial charge is 0.262 e. The van der Waals surface area contributed by atoms with Gasteiger partial charge < -0.3 is 10.1 Å². The normalized spacial score (nSPS) is 11.0. The molecular weight excluding hydrogens is 395 g/mol. The second-order valence-electron chi connectivity index (χ2n) is 6.00. The molecule has 1 amide bonds. The molecule has 0 bridgehead atoms. The third-order valence-corrected chi connectivity index (χ3v) is 5.33. The lowest BCUT2D eigenvalue weighted by atomic mass is 10.2. The van der Waals surface area contributed by atoms with Gasteiger partial charge in [0.25, 0.3) is 15.9 Å². The number of carbonyl (C=O) groups excluding carboxylic acids is 1. The highest BCUT2D eigenvalue weighted by Crippen LogP contribution is 2.29. The van der Waals surface area contributed by atoms with Gasteiger partial charge in [-0.15, -0.1) is 0 Å². The van der Waals surface area contributed by atoms with E-state index < -0.39 is 21.7 Å². The third-order valence-electron chi connectivity index (χ3n) is 3.96. The van der Waals surface area contributed by atoms with Gasteiger partial charge in [-0.3, -0.25) is 9.52 Å². The lowest BCUT2D eigenvalue weighted by molar-refractivity contribution is 0.102. The highest BCUT2D eigenvalue weighted by molar-refractivity contribution is 7.92. The summed E-state index contributed by atoms with van der Waals surface area (Å²) in [6, 6.07) is 18.0. The number of para-hydroxylation sites is 1. The lowest BCUT2D eigenvalue weighted by Gasteiger charge is -2.14. The summed E-state index contributed by atoms with van der Waals surface area (Å²) < 4.78 is 46.9. The van der Waals surface area contributed by atoms with Crippen LogP contribution >= 0.6 is 0 Å². The summed E-state index contributed by atoms with van der Waals surface area (Å²) in [5.74, 6) is -0.788. The van der Waals surface area contributed by atoms with Crippen LogP contribution in [0.5, 0.6) is 5.75 Å². The van der Waals surface area contributed by atoms with E-state index in [1.54, 1.807) is 37.3 Å². The van der Waals surface area contributed by atoms with Crippen LogP contribution in [0.4, 0.5) is 15.8 Å². The number of amides is 1. The Kier molecular flexibility index (Phi) is 6.13. The Morgan fingerprint density at radius 3 is 2.34 bits per heavy atom. The largest absolute Gasteiger partial charge is 0.492 e. The Morgan fingerprint density at radius 1 is 0.966 bits per heavy atom. The van der Waals surface area contributed by atoms with Crippen molar-refractivity contribution < 1.29 is 22.3 Å². The number of sulfonamides is 1. The zero-order valence-electron chi connectivity index (χ0n) is 15.6. The molecule has 0 saturated carbocycles. The zero-order chi connectivity index (χ0) is 20.9. The molecule has 0 spiro atoms. The Morgan fingerprint density at radius 2 is 1.66 bits per heavy atom. The van der Waals surface area contributed by atoms with E-state index >= 15 is 0 Å². The molecule has 29 heavy (non-hydrogen) atoms. The summed E-state index contributed by atoms with van der Waals surface area (Å²) in [7, 11) is -4.09. The van der Waals surface area contributed by atoms with Gasteiger partial charge in [0.2, 0.25) is 0 Å². The molecule has 8 heteroatoms. The second-order valence-corrected chi connectivity index (χ2v) is 7.68. The average molecular weight is 414 g/mol. The standard InChI is InChI=1S/C21H19FN2O4S/c1-2-28-20-13-12-16(29(26,27)24-18-11-7-6-10-17(18)22)14-19(20)23-21(25)15-8-4-3-5-9-15/h3-14,24H,2H2,1H3,(H,23,25). The Hall–Kier alpha value is -3.39. The molecule has 3 aromatic carbocycles. The van der Waals surface area contributed by atoms with Crippen molar-refractivity contribution in [1.82, 2.24) is 0 Å². The number of halogens is 1. The van der Waals surface area contributed by atoms with E-state index in [1.807, 2.05) is 0 Å². The zero-order valence-corrected chi connectivity index (χ0v) is 16.4. The summed E-state index contributed by atoms with van der Waals surface area (Å²) in [6.07, 6.45) is 0. The van der Waals surface area contributed by atoms with Crippen molar-refractivity contribution >= 4 is 27.3 Å². The van der Waals surface area contributed by atoms with E-state index in [-0.39, 0.29) is 16.3 Å². The predicted molar refractivity (Wildman–Crippen MR) is 109 cm³/mol. The van der Waals surface area contributed by atoms with Crippen molar-refractivity contribution in [3.05, 3.63) is 84.2 Å². The van der Waals surface area contributed by atoms with Crippen LogP contribution in [0.2, 0.25) is 0 Å². The van der Waals surface area contributed by atoms with Gasteiger partial charge in [-0.25, -0.2) is 12.8 Å². The lowest BCUT2D eigenvalue weighted by Crippen LogP contribution is -2.16. The summed E-state index contributed by atoms with van der Waals surface area (Å²) >= 11 is 0. The summed E-state index contributed by atoms with van der Waals surface area (Å²) in [5.41, 5.74) is 0.432. The molecule has 0 aliphatic rings. The number of ether oxygens (including phenoxy) is 1. The van der Waals surface area contributed by atoms with Gasteiger partial charge in [-0.2, -0.15) is 0 Å². The van der Waals surface area contributed by atoms with Crippen LogP contribution in [-0.4, -0.2) is 20.9 Å². The number of benzene rings is 3. The van der Waals surface area contributed by atoms with Crippen molar-refractivity contribution in [2.24, 2.45) is 0 Å². The fourth-order valence-corrected chi connectivity index (χ4v) is 3.68. The molecule has 150 valence electrons. The molecule has 0 radical (unpaired) electrons. The van der Waals surface area contributed by atoms with E-state index in [4.69, 9.17) is 4.74 Å². The van der Waals surface area contributed by atoms with Gasteiger partial charge in [-0.05, 0) is 49.4 Å². The van der Waals surface area contributed by atoms with Crippen molar-refractivity contribution in [1.29, 1.82) is 0 Å². The molecule has 0 saturated heterocycles. The van der Waals surface area contributed by atoms with Crippen LogP contribution < -0.4 is 14.8 Å².